The number of ether oxygens (including phenoxy) is 1. The molecule has 2 aliphatic heterocycles. The third-order valence-corrected chi connectivity index (χ3v) is 6.25. The maximum absolute atomic E-state index is 13.7. The van der Waals surface area contributed by atoms with Crippen molar-refractivity contribution in [3.63, 3.8) is 0 Å². The van der Waals surface area contributed by atoms with Gasteiger partial charge in [-0.05, 0) is 48.9 Å². The summed E-state index contributed by atoms with van der Waals surface area (Å²) >= 11 is 0. The third kappa shape index (κ3) is 4.03. The molecule has 5 rings (SSSR count). The lowest BCUT2D eigenvalue weighted by Crippen LogP contribution is -2.47. The monoisotopic (exact) mass is 453 g/mol. The van der Waals surface area contributed by atoms with E-state index in [0.29, 0.717) is 42.4 Å². The molecule has 0 atom stereocenters. The van der Waals surface area contributed by atoms with E-state index < -0.39 is 0 Å². The van der Waals surface area contributed by atoms with E-state index in [1.54, 1.807) is 24.3 Å². The van der Waals surface area contributed by atoms with Crippen LogP contribution in [0.4, 0.5) is 11.4 Å². The second-order valence-electron chi connectivity index (χ2n) is 8.27. The van der Waals surface area contributed by atoms with E-state index in [0.717, 1.165) is 18.7 Å². The zero-order chi connectivity index (χ0) is 23.5. The summed E-state index contributed by atoms with van der Waals surface area (Å²) in [5.74, 6) is 0.140. The van der Waals surface area contributed by atoms with Crippen LogP contribution in [-0.4, -0.2) is 49.5 Å². The molecule has 1 saturated heterocycles. The quantitative estimate of drug-likeness (QED) is 0.524. The molecule has 172 valence electrons. The number of nitrogens with zero attached hydrogens (tertiary/aromatic N) is 3. The standard InChI is InChI=1S/C28H27N3O3/c1-2-34-24-15-13-23(14-16-24)31-27(32)25(21-9-5-3-6-10-21)26(28(31)33)30-19-17-29(18-20-30)22-11-7-4-8-12-22/h3-16H,2,17-20H2,1H3. The number of anilines is 2. The summed E-state index contributed by atoms with van der Waals surface area (Å²) < 4.78 is 5.52. The lowest BCUT2D eigenvalue weighted by atomic mass is 10.0. The summed E-state index contributed by atoms with van der Waals surface area (Å²) in [7, 11) is 0. The van der Waals surface area contributed by atoms with Crippen LogP contribution < -0.4 is 14.5 Å². The number of amides is 2. The first kappa shape index (κ1) is 21.8. The van der Waals surface area contributed by atoms with Crippen molar-refractivity contribution in [1.82, 2.24) is 4.90 Å². The molecule has 34 heavy (non-hydrogen) atoms. The molecule has 0 unspecified atom stereocenters. The molecule has 6 nitrogen and oxygen atoms in total. The van der Waals surface area contributed by atoms with Gasteiger partial charge in [-0.1, -0.05) is 48.5 Å². The number of rotatable bonds is 6. The molecule has 0 saturated carbocycles. The van der Waals surface area contributed by atoms with Crippen molar-refractivity contribution in [2.45, 2.75) is 6.92 Å². The Morgan fingerprint density at radius 1 is 0.676 bits per heavy atom. The Bertz CT molecular complexity index is 1200. The molecule has 0 radical (unpaired) electrons. The van der Waals surface area contributed by atoms with Gasteiger partial charge in [-0.2, -0.15) is 0 Å². The summed E-state index contributed by atoms with van der Waals surface area (Å²) in [6.45, 7) is 5.36. The second-order valence-corrected chi connectivity index (χ2v) is 8.27. The van der Waals surface area contributed by atoms with Crippen LogP contribution in [0.25, 0.3) is 5.57 Å². The summed E-state index contributed by atoms with van der Waals surface area (Å²) in [5, 5.41) is 0. The second kappa shape index (κ2) is 9.43. The molecule has 0 bridgehead atoms. The molecule has 3 aromatic carbocycles. The molecular weight excluding hydrogens is 426 g/mol. The highest BCUT2D eigenvalue weighted by Crippen LogP contribution is 2.36. The summed E-state index contributed by atoms with van der Waals surface area (Å²) in [4.78, 5) is 33.0. The molecule has 0 aromatic heterocycles. The fraction of sp³-hybridized carbons (Fsp3) is 0.214. The number of hydrogen-bond donors (Lipinski definition) is 0. The first-order valence-corrected chi connectivity index (χ1v) is 11.6. The lowest BCUT2D eigenvalue weighted by Gasteiger charge is -2.37. The van der Waals surface area contributed by atoms with E-state index in [1.165, 1.54) is 10.6 Å². The number of para-hydroxylation sites is 1. The van der Waals surface area contributed by atoms with Crippen LogP contribution in [0.3, 0.4) is 0 Å². The van der Waals surface area contributed by atoms with Gasteiger partial charge in [-0.15, -0.1) is 0 Å². The average molecular weight is 454 g/mol. The molecule has 2 amide bonds. The Labute approximate surface area is 199 Å². The Balaban J connectivity index is 1.46. The van der Waals surface area contributed by atoms with Gasteiger partial charge in [-0.3, -0.25) is 9.59 Å². The highest BCUT2D eigenvalue weighted by Gasteiger charge is 2.43. The Hall–Kier alpha value is -4.06. The van der Waals surface area contributed by atoms with E-state index in [2.05, 4.69) is 21.9 Å². The minimum atomic E-state index is -0.291. The van der Waals surface area contributed by atoms with E-state index >= 15 is 0 Å². The molecule has 3 aromatic rings. The van der Waals surface area contributed by atoms with Crippen molar-refractivity contribution in [3.05, 3.63) is 96.2 Å². The SMILES string of the molecule is CCOc1ccc(N2C(=O)C(c3ccccc3)=C(N3CCN(c4ccccc4)CC3)C2=O)cc1. The van der Waals surface area contributed by atoms with Crippen molar-refractivity contribution in [2.24, 2.45) is 0 Å². The van der Waals surface area contributed by atoms with Crippen molar-refractivity contribution in [3.8, 4) is 5.75 Å². The number of imide groups is 1. The van der Waals surface area contributed by atoms with Gasteiger partial charge in [0.1, 0.15) is 11.4 Å². The average Bonchev–Trinajstić information content (AvgIpc) is 3.15. The van der Waals surface area contributed by atoms with Gasteiger partial charge in [0.15, 0.2) is 0 Å². The fourth-order valence-corrected chi connectivity index (χ4v) is 4.60. The first-order chi connectivity index (χ1) is 16.7. The normalized spacial score (nSPS) is 16.4. The van der Waals surface area contributed by atoms with Crippen molar-refractivity contribution in [2.75, 3.05) is 42.6 Å². The van der Waals surface area contributed by atoms with Gasteiger partial charge in [0.2, 0.25) is 0 Å². The lowest BCUT2D eigenvalue weighted by molar-refractivity contribution is -0.120. The number of carbonyl (C=O) groups excluding carboxylic acids is 2. The van der Waals surface area contributed by atoms with E-state index in [-0.39, 0.29) is 11.8 Å². The van der Waals surface area contributed by atoms with Crippen molar-refractivity contribution in [1.29, 1.82) is 0 Å². The zero-order valence-corrected chi connectivity index (χ0v) is 19.2. The molecule has 2 heterocycles. The minimum Gasteiger partial charge on any atom is -0.494 e. The highest BCUT2D eigenvalue weighted by molar-refractivity contribution is 6.45. The number of benzene rings is 3. The number of piperazine rings is 1. The van der Waals surface area contributed by atoms with Gasteiger partial charge >= 0.3 is 0 Å². The largest absolute Gasteiger partial charge is 0.494 e. The fourth-order valence-electron chi connectivity index (χ4n) is 4.60. The van der Waals surface area contributed by atoms with Gasteiger partial charge in [0.05, 0.1) is 17.9 Å². The van der Waals surface area contributed by atoms with Crippen LogP contribution in [0.15, 0.2) is 90.6 Å². The maximum Gasteiger partial charge on any atom is 0.282 e. The molecule has 6 heteroatoms. The molecular formula is C28H27N3O3. The van der Waals surface area contributed by atoms with Crippen LogP contribution in [-0.2, 0) is 9.59 Å². The number of hydrogen-bond acceptors (Lipinski definition) is 5. The van der Waals surface area contributed by atoms with Crippen LogP contribution >= 0.6 is 0 Å². The van der Waals surface area contributed by atoms with Gasteiger partial charge in [0, 0.05) is 31.9 Å². The summed E-state index contributed by atoms with van der Waals surface area (Å²) in [6, 6.07) is 26.9. The summed E-state index contributed by atoms with van der Waals surface area (Å²) in [5.41, 5.74) is 3.43. The topological polar surface area (TPSA) is 53.1 Å². The maximum atomic E-state index is 13.7. The third-order valence-electron chi connectivity index (χ3n) is 6.25. The summed E-state index contributed by atoms with van der Waals surface area (Å²) in [6.07, 6.45) is 0. The zero-order valence-electron chi connectivity index (χ0n) is 19.2. The van der Waals surface area contributed by atoms with E-state index in [9.17, 15) is 9.59 Å². The molecule has 1 fully saturated rings. The molecule has 2 aliphatic rings. The smallest absolute Gasteiger partial charge is 0.282 e. The van der Waals surface area contributed by atoms with Gasteiger partial charge < -0.3 is 14.5 Å². The van der Waals surface area contributed by atoms with Crippen molar-refractivity contribution >= 4 is 28.8 Å². The number of carbonyl (C=O) groups is 2. The minimum absolute atomic E-state index is 0.277. The molecule has 0 aliphatic carbocycles. The van der Waals surface area contributed by atoms with Crippen LogP contribution in [0.5, 0.6) is 5.75 Å². The Kier molecular flexibility index (Phi) is 6.04. The van der Waals surface area contributed by atoms with Crippen LogP contribution in [0.1, 0.15) is 12.5 Å². The van der Waals surface area contributed by atoms with Crippen molar-refractivity contribution < 1.29 is 14.3 Å². The Morgan fingerprint density at radius 3 is 1.88 bits per heavy atom. The van der Waals surface area contributed by atoms with Crippen LogP contribution in [0, 0.1) is 0 Å². The molecule has 0 spiro atoms. The predicted octanol–water partition coefficient (Wildman–Crippen LogP) is 4.19. The van der Waals surface area contributed by atoms with Gasteiger partial charge in [0.25, 0.3) is 11.8 Å². The van der Waals surface area contributed by atoms with Gasteiger partial charge in [-0.25, -0.2) is 4.90 Å². The first-order valence-electron chi connectivity index (χ1n) is 11.6. The Morgan fingerprint density at radius 2 is 1.26 bits per heavy atom. The van der Waals surface area contributed by atoms with Crippen LogP contribution in [0.2, 0.25) is 0 Å². The van der Waals surface area contributed by atoms with E-state index in [4.69, 9.17) is 4.74 Å². The van der Waals surface area contributed by atoms with E-state index in [1.807, 2.05) is 55.5 Å². The highest BCUT2D eigenvalue weighted by atomic mass is 16.5. The predicted molar refractivity (Wildman–Crippen MR) is 134 cm³/mol. The molecule has 0 N–H and O–H groups in total.